The fourth-order valence-electron chi connectivity index (χ4n) is 3.12. The molecule has 1 unspecified atom stereocenters. The summed E-state index contributed by atoms with van der Waals surface area (Å²) in [4.78, 5) is 4.46. The third-order valence-electron chi connectivity index (χ3n) is 4.80. The smallest absolute Gasteiger partial charge is 0.193 e. The Morgan fingerprint density at radius 1 is 1.13 bits per heavy atom. The van der Waals surface area contributed by atoms with Crippen LogP contribution in [0, 0.1) is 12.8 Å². The van der Waals surface area contributed by atoms with Gasteiger partial charge in [-0.1, -0.05) is 12.1 Å². The number of aryl methyl sites for hydroxylation is 1. The van der Waals surface area contributed by atoms with Crippen molar-refractivity contribution in [3.8, 4) is 17.2 Å². The van der Waals surface area contributed by atoms with Crippen molar-refractivity contribution in [3.05, 3.63) is 47.5 Å². The molecule has 3 N–H and O–H groups in total. The molecule has 1 aliphatic heterocycles. The van der Waals surface area contributed by atoms with Gasteiger partial charge in [0.05, 0.1) is 34.0 Å². The Hall–Kier alpha value is -2.20. The van der Waals surface area contributed by atoms with Crippen molar-refractivity contribution in [2.24, 2.45) is 16.6 Å². The molecular formula is C22H30IN3O4. The lowest BCUT2D eigenvalue weighted by atomic mass is 10.1. The quantitative estimate of drug-likeness (QED) is 0.307. The van der Waals surface area contributed by atoms with Gasteiger partial charge in [0.25, 0.3) is 0 Å². The van der Waals surface area contributed by atoms with Gasteiger partial charge in [0, 0.05) is 29.8 Å². The molecule has 30 heavy (non-hydrogen) atoms. The number of benzene rings is 2. The lowest BCUT2D eigenvalue weighted by molar-refractivity contribution is 0.166. The zero-order valence-electron chi connectivity index (χ0n) is 17.6. The second-order valence-corrected chi connectivity index (χ2v) is 7.05. The van der Waals surface area contributed by atoms with Crippen molar-refractivity contribution < 1.29 is 18.9 Å². The predicted octanol–water partition coefficient (Wildman–Crippen LogP) is 3.97. The van der Waals surface area contributed by atoms with Crippen molar-refractivity contribution in [1.82, 2.24) is 0 Å². The summed E-state index contributed by atoms with van der Waals surface area (Å²) in [6, 6.07) is 11.6. The highest BCUT2D eigenvalue weighted by Crippen LogP contribution is 2.29. The molecule has 7 nitrogen and oxygen atoms in total. The van der Waals surface area contributed by atoms with Crippen LogP contribution in [0.25, 0.3) is 0 Å². The summed E-state index contributed by atoms with van der Waals surface area (Å²) < 4.78 is 22.1. The first-order valence-corrected chi connectivity index (χ1v) is 9.68. The number of halogens is 1. The Morgan fingerprint density at radius 2 is 1.93 bits per heavy atom. The van der Waals surface area contributed by atoms with Crippen molar-refractivity contribution in [1.29, 1.82) is 0 Å². The van der Waals surface area contributed by atoms with Crippen LogP contribution in [0.2, 0.25) is 0 Å². The molecule has 2 aromatic carbocycles. The van der Waals surface area contributed by atoms with Gasteiger partial charge in [0.1, 0.15) is 5.75 Å². The molecule has 3 rings (SSSR count). The van der Waals surface area contributed by atoms with Crippen LogP contribution in [-0.4, -0.2) is 40.0 Å². The van der Waals surface area contributed by atoms with Gasteiger partial charge in [0.2, 0.25) is 0 Å². The summed E-state index contributed by atoms with van der Waals surface area (Å²) in [5.74, 6) is 2.88. The van der Waals surface area contributed by atoms with Gasteiger partial charge in [-0.05, 0) is 37.1 Å². The highest BCUT2D eigenvalue weighted by Gasteiger charge is 2.17. The van der Waals surface area contributed by atoms with Gasteiger partial charge in [0.15, 0.2) is 17.5 Å². The average Bonchev–Trinajstić information content (AvgIpc) is 3.25. The Morgan fingerprint density at radius 3 is 2.63 bits per heavy atom. The van der Waals surface area contributed by atoms with E-state index in [1.807, 2.05) is 43.3 Å². The Labute approximate surface area is 195 Å². The van der Waals surface area contributed by atoms with Crippen LogP contribution in [0.5, 0.6) is 17.2 Å². The summed E-state index contributed by atoms with van der Waals surface area (Å²) in [6.07, 6.45) is 1.04. The summed E-state index contributed by atoms with van der Waals surface area (Å²) >= 11 is 0. The third-order valence-corrected chi connectivity index (χ3v) is 4.80. The fourth-order valence-corrected chi connectivity index (χ4v) is 3.12. The second kappa shape index (κ2) is 11.8. The minimum Gasteiger partial charge on any atom is -0.493 e. The number of aliphatic imine (C=N–C) groups is 1. The number of rotatable bonds is 8. The van der Waals surface area contributed by atoms with E-state index in [0.717, 1.165) is 42.2 Å². The van der Waals surface area contributed by atoms with Crippen molar-refractivity contribution >= 4 is 35.6 Å². The maximum atomic E-state index is 6.08. The Bertz CT molecular complexity index is 854. The van der Waals surface area contributed by atoms with Crippen LogP contribution < -0.4 is 25.3 Å². The standard InChI is InChI=1S/C22H29N3O4.HI/c1-15-4-5-17(20(10-15)29-14-16-8-9-28-13-16)12-24-22(23)25-18-6-7-19(26-2)21(11-18)27-3;/h4-7,10-11,16H,8-9,12-14H2,1-3H3,(H3,23,24,25);1H. The molecule has 0 saturated carbocycles. The van der Waals surface area contributed by atoms with Gasteiger partial charge >= 0.3 is 0 Å². The number of guanidine groups is 1. The molecule has 1 atom stereocenters. The molecule has 8 heteroatoms. The zero-order valence-corrected chi connectivity index (χ0v) is 20.0. The van der Waals surface area contributed by atoms with E-state index in [4.69, 9.17) is 24.7 Å². The minimum absolute atomic E-state index is 0. The van der Waals surface area contributed by atoms with Crippen LogP contribution in [0.15, 0.2) is 41.4 Å². The van der Waals surface area contributed by atoms with E-state index in [1.54, 1.807) is 14.2 Å². The van der Waals surface area contributed by atoms with Crippen LogP contribution in [0.1, 0.15) is 17.5 Å². The number of anilines is 1. The average molecular weight is 527 g/mol. The SMILES string of the molecule is COc1ccc(NC(N)=NCc2ccc(C)cc2OCC2CCOC2)cc1OC.I. The van der Waals surface area contributed by atoms with Gasteiger partial charge in [-0.15, -0.1) is 24.0 Å². The molecule has 0 aliphatic carbocycles. The van der Waals surface area contributed by atoms with E-state index >= 15 is 0 Å². The highest BCUT2D eigenvalue weighted by atomic mass is 127. The molecule has 164 valence electrons. The molecule has 2 aromatic rings. The molecule has 0 bridgehead atoms. The number of nitrogens with two attached hydrogens (primary N) is 1. The molecule has 1 heterocycles. The third kappa shape index (κ3) is 6.66. The number of nitrogens with zero attached hydrogens (tertiary/aromatic N) is 1. The van der Waals surface area contributed by atoms with Gasteiger partial charge < -0.3 is 30.0 Å². The summed E-state index contributed by atoms with van der Waals surface area (Å²) in [6.45, 7) is 4.70. The van der Waals surface area contributed by atoms with Crippen LogP contribution in [0.3, 0.4) is 0 Å². The van der Waals surface area contributed by atoms with Gasteiger partial charge in [-0.25, -0.2) is 4.99 Å². The largest absolute Gasteiger partial charge is 0.493 e. The molecule has 0 radical (unpaired) electrons. The normalized spacial score (nSPS) is 16.0. The summed E-state index contributed by atoms with van der Waals surface area (Å²) in [5, 5.41) is 3.08. The first-order chi connectivity index (χ1) is 14.1. The lowest BCUT2D eigenvalue weighted by Crippen LogP contribution is -2.22. The number of nitrogens with one attached hydrogen (secondary N) is 1. The lowest BCUT2D eigenvalue weighted by Gasteiger charge is -2.14. The topological polar surface area (TPSA) is 87.3 Å². The summed E-state index contributed by atoms with van der Waals surface area (Å²) in [7, 11) is 3.19. The van der Waals surface area contributed by atoms with Crippen molar-refractivity contribution in [3.63, 3.8) is 0 Å². The summed E-state index contributed by atoms with van der Waals surface area (Å²) in [5.41, 5.74) is 8.99. The molecule has 0 aromatic heterocycles. The molecule has 1 fully saturated rings. The molecular weight excluding hydrogens is 497 g/mol. The monoisotopic (exact) mass is 527 g/mol. The van der Waals surface area contributed by atoms with Gasteiger partial charge in [-0.2, -0.15) is 0 Å². The Balaban J connectivity index is 0.00000320. The van der Waals surface area contributed by atoms with Crippen molar-refractivity contribution in [2.45, 2.75) is 19.9 Å². The van der Waals surface area contributed by atoms with E-state index in [9.17, 15) is 0 Å². The van der Waals surface area contributed by atoms with Crippen LogP contribution >= 0.6 is 24.0 Å². The molecule has 0 amide bonds. The van der Waals surface area contributed by atoms with E-state index in [0.29, 0.717) is 36.5 Å². The number of hydrogen-bond donors (Lipinski definition) is 2. The van der Waals surface area contributed by atoms with Gasteiger partial charge in [-0.3, -0.25) is 0 Å². The number of ether oxygens (including phenoxy) is 4. The second-order valence-electron chi connectivity index (χ2n) is 7.05. The minimum atomic E-state index is 0. The van der Waals surface area contributed by atoms with Crippen LogP contribution in [0.4, 0.5) is 5.69 Å². The fraction of sp³-hybridized carbons (Fsp3) is 0.409. The van der Waals surface area contributed by atoms with E-state index in [1.165, 1.54) is 0 Å². The van der Waals surface area contributed by atoms with Crippen molar-refractivity contribution in [2.75, 3.05) is 39.4 Å². The Kier molecular flexibility index (Phi) is 9.51. The first-order valence-electron chi connectivity index (χ1n) is 9.68. The van der Waals surface area contributed by atoms with E-state index in [-0.39, 0.29) is 24.0 Å². The first kappa shape index (κ1) is 24.1. The predicted molar refractivity (Wildman–Crippen MR) is 130 cm³/mol. The molecule has 0 spiro atoms. The van der Waals surface area contributed by atoms with E-state index < -0.39 is 0 Å². The molecule has 1 aliphatic rings. The number of hydrogen-bond acceptors (Lipinski definition) is 5. The van der Waals surface area contributed by atoms with E-state index in [2.05, 4.69) is 10.3 Å². The molecule has 1 saturated heterocycles. The highest BCUT2D eigenvalue weighted by molar-refractivity contribution is 14.0. The zero-order chi connectivity index (χ0) is 20.6. The van der Waals surface area contributed by atoms with Crippen LogP contribution in [-0.2, 0) is 11.3 Å². The maximum Gasteiger partial charge on any atom is 0.193 e. The number of methoxy groups -OCH3 is 2. The maximum absolute atomic E-state index is 6.08.